The molecule has 0 aromatic heterocycles. The van der Waals surface area contributed by atoms with Gasteiger partial charge in [-0.25, -0.2) is 0 Å². The Hall–Kier alpha value is -3.22. The third kappa shape index (κ3) is 4.66. The van der Waals surface area contributed by atoms with E-state index in [1.807, 2.05) is 31.2 Å². The van der Waals surface area contributed by atoms with Gasteiger partial charge >= 0.3 is 0 Å². The molecule has 0 saturated carbocycles. The summed E-state index contributed by atoms with van der Waals surface area (Å²) in [7, 11) is 0. The molecule has 136 valence electrons. The maximum absolute atomic E-state index is 12.0. The molecule has 7 nitrogen and oxygen atoms in total. The van der Waals surface area contributed by atoms with E-state index in [9.17, 15) is 9.59 Å². The molecule has 0 unspecified atom stereocenters. The summed E-state index contributed by atoms with van der Waals surface area (Å²) in [4.78, 5) is 23.9. The second kappa shape index (κ2) is 8.24. The van der Waals surface area contributed by atoms with E-state index in [2.05, 4.69) is 10.6 Å². The maximum Gasteiger partial charge on any atom is 0.243 e. The van der Waals surface area contributed by atoms with Crippen LogP contribution in [0.3, 0.4) is 0 Å². The highest BCUT2D eigenvalue weighted by molar-refractivity contribution is 5.95. The number of anilines is 1. The van der Waals surface area contributed by atoms with Crippen molar-refractivity contribution in [2.75, 3.05) is 25.3 Å². The summed E-state index contributed by atoms with van der Waals surface area (Å²) in [5, 5.41) is 5.31. The van der Waals surface area contributed by atoms with E-state index in [0.717, 1.165) is 11.3 Å². The van der Waals surface area contributed by atoms with Crippen LogP contribution in [0, 0.1) is 0 Å². The van der Waals surface area contributed by atoms with Crippen LogP contribution in [0.5, 0.6) is 17.2 Å². The summed E-state index contributed by atoms with van der Waals surface area (Å²) in [5.41, 5.74) is 1.43. The van der Waals surface area contributed by atoms with Gasteiger partial charge in [-0.15, -0.1) is 0 Å². The number of carbonyl (C=O) groups excluding carboxylic acids is 2. The zero-order valence-corrected chi connectivity index (χ0v) is 14.4. The van der Waals surface area contributed by atoms with Crippen LogP contribution in [0.4, 0.5) is 5.69 Å². The molecule has 1 heterocycles. The average Bonchev–Trinajstić information content (AvgIpc) is 3.10. The fraction of sp³-hybridized carbons (Fsp3) is 0.263. The molecule has 2 aromatic rings. The minimum Gasteiger partial charge on any atom is -0.494 e. The van der Waals surface area contributed by atoms with Crippen LogP contribution >= 0.6 is 0 Å². The minimum atomic E-state index is -0.316. The normalized spacial score (nSPS) is 11.7. The van der Waals surface area contributed by atoms with Crippen molar-refractivity contribution >= 4 is 17.5 Å². The Morgan fingerprint density at radius 3 is 2.58 bits per heavy atom. The highest BCUT2D eigenvalue weighted by Gasteiger charge is 2.14. The minimum absolute atomic E-state index is 0.107. The van der Waals surface area contributed by atoms with Gasteiger partial charge in [-0.05, 0) is 36.8 Å². The summed E-state index contributed by atoms with van der Waals surface area (Å²) in [6, 6.07) is 12.4. The van der Waals surface area contributed by atoms with Gasteiger partial charge in [0, 0.05) is 11.8 Å². The predicted octanol–water partition coefficient (Wildman–Crippen LogP) is 2.11. The largest absolute Gasteiger partial charge is 0.494 e. The van der Waals surface area contributed by atoms with Gasteiger partial charge in [-0.1, -0.05) is 12.1 Å². The molecule has 26 heavy (non-hydrogen) atoms. The second-order valence-corrected chi connectivity index (χ2v) is 5.65. The maximum atomic E-state index is 12.0. The molecule has 2 aromatic carbocycles. The van der Waals surface area contributed by atoms with Crippen molar-refractivity contribution in [1.82, 2.24) is 5.32 Å². The fourth-order valence-electron chi connectivity index (χ4n) is 2.48. The molecule has 1 aliphatic heterocycles. The van der Waals surface area contributed by atoms with Crippen LogP contribution in [0.15, 0.2) is 42.5 Å². The van der Waals surface area contributed by atoms with Crippen molar-refractivity contribution in [2.45, 2.75) is 13.3 Å². The Labute approximate surface area is 151 Å². The third-order valence-corrected chi connectivity index (χ3v) is 3.70. The molecule has 2 amide bonds. The molecule has 0 fully saturated rings. The third-order valence-electron chi connectivity index (χ3n) is 3.70. The Kier molecular flexibility index (Phi) is 5.58. The Bertz CT molecular complexity index is 789. The zero-order chi connectivity index (χ0) is 18.4. The van der Waals surface area contributed by atoms with E-state index >= 15 is 0 Å². The monoisotopic (exact) mass is 356 g/mol. The van der Waals surface area contributed by atoms with Gasteiger partial charge in [0.1, 0.15) is 5.75 Å². The van der Waals surface area contributed by atoms with E-state index in [1.54, 1.807) is 18.2 Å². The Morgan fingerprint density at radius 2 is 1.81 bits per heavy atom. The number of hydrogen-bond donors (Lipinski definition) is 2. The van der Waals surface area contributed by atoms with E-state index in [0.29, 0.717) is 23.8 Å². The van der Waals surface area contributed by atoms with Crippen LogP contribution in [0.2, 0.25) is 0 Å². The standard InChI is InChI=1S/C19H20N2O5/c1-2-24-15-6-3-13(4-7-15)9-18(22)20-11-19(23)21-14-5-8-16-17(10-14)26-12-25-16/h3-8,10H,2,9,11-12H2,1H3,(H,20,22)(H,21,23). The number of rotatable bonds is 7. The van der Waals surface area contributed by atoms with E-state index in [-0.39, 0.29) is 31.6 Å². The lowest BCUT2D eigenvalue weighted by molar-refractivity contribution is -0.123. The summed E-state index contributed by atoms with van der Waals surface area (Å²) in [5.74, 6) is 1.45. The molecule has 0 bridgehead atoms. The molecular weight excluding hydrogens is 336 g/mol. The molecule has 0 spiro atoms. The van der Waals surface area contributed by atoms with Gasteiger partial charge in [0.25, 0.3) is 0 Å². The fourth-order valence-corrected chi connectivity index (χ4v) is 2.48. The quantitative estimate of drug-likeness (QED) is 0.794. The highest BCUT2D eigenvalue weighted by atomic mass is 16.7. The second-order valence-electron chi connectivity index (χ2n) is 5.65. The topological polar surface area (TPSA) is 85.9 Å². The van der Waals surface area contributed by atoms with Crippen molar-refractivity contribution in [3.63, 3.8) is 0 Å². The predicted molar refractivity (Wildman–Crippen MR) is 95.5 cm³/mol. The van der Waals surface area contributed by atoms with E-state index in [1.165, 1.54) is 0 Å². The first-order valence-corrected chi connectivity index (χ1v) is 8.32. The first-order chi connectivity index (χ1) is 12.6. The number of fused-ring (bicyclic) bond motifs is 1. The first kappa shape index (κ1) is 17.6. The molecule has 2 N–H and O–H groups in total. The number of amides is 2. The van der Waals surface area contributed by atoms with Gasteiger partial charge in [-0.2, -0.15) is 0 Å². The van der Waals surface area contributed by atoms with Gasteiger partial charge in [-0.3, -0.25) is 9.59 Å². The molecule has 1 aliphatic rings. The van der Waals surface area contributed by atoms with Crippen LogP contribution in [-0.2, 0) is 16.0 Å². The molecule has 7 heteroatoms. The summed E-state index contributed by atoms with van der Waals surface area (Å²) >= 11 is 0. The zero-order valence-electron chi connectivity index (χ0n) is 14.4. The average molecular weight is 356 g/mol. The lowest BCUT2D eigenvalue weighted by Crippen LogP contribution is -2.33. The van der Waals surface area contributed by atoms with Crippen LogP contribution in [0.25, 0.3) is 0 Å². The molecule has 0 radical (unpaired) electrons. The molecule has 0 atom stereocenters. The van der Waals surface area contributed by atoms with E-state index in [4.69, 9.17) is 14.2 Å². The lowest BCUT2D eigenvalue weighted by Gasteiger charge is -2.08. The summed E-state index contributed by atoms with van der Waals surface area (Å²) in [6.45, 7) is 2.58. The Morgan fingerprint density at radius 1 is 1.04 bits per heavy atom. The summed E-state index contributed by atoms with van der Waals surface area (Å²) in [6.07, 6.45) is 0.198. The van der Waals surface area contributed by atoms with Crippen molar-refractivity contribution in [2.24, 2.45) is 0 Å². The van der Waals surface area contributed by atoms with Crippen LogP contribution < -0.4 is 24.8 Å². The van der Waals surface area contributed by atoms with Crippen molar-refractivity contribution < 1.29 is 23.8 Å². The highest BCUT2D eigenvalue weighted by Crippen LogP contribution is 2.34. The van der Waals surface area contributed by atoms with Crippen LogP contribution in [-0.4, -0.2) is 31.8 Å². The smallest absolute Gasteiger partial charge is 0.243 e. The van der Waals surface area contributed by atoms with Gasteiger partial charge < -0.3 is 24.8 Å². The van der Waals surface area contributed by atoms with Gasteiger partial charge in [0.2, 0.25) is 18.6 Å². The SMILES string of the molecule is CCOc1ccc(CC(=O)NCC(=O)Nc2ccc3c(c2)OCO3)cc1. The lowest BCUT2D eigenvalue weighted by atomic mass is 10.1. The van der Waals surface area contributed by atoms with Crippen molar-refractivity contribution in [3.8, 4) is 17.2 Å². The van der Waals surface area contributed by atoms with Crippen LogP contribution in [0.1, 0.15) is 12.5 Å². The van der Waals surface area contributed by atoms with Crippen molar-refractivity contribution in [3.05, 3.63) is 48.0 Å². The van der Waals surface area contributed by atoms with Crippen molar-refractivity contribution in [1.29, 1.82) is 0 Å². The van der Waals surface area contributed by atoms with Gasteiger partial charge in [0.05, 0.1) is 19.6 Å². The summed E-state index contributed by atoms with van der Waals surface area (Å²) < 4.78 is 15.8. The number of benzene rings is 2. The number of ether oxygens (including phenoxy) is 3. The molecule has 3 rings (SSSR count). The molecule has 0 saturated heterocycles. The number of nitrogens with one attached hydrogen (secondary N) is 2. The van der Waals surface area contributed by atoms with E-state index < -0.39 is 0 Å². The molecule has 0 aliphatic carbocycles. The Balaban J connectivity index is 1.44. The molecular formula is C19H20N2O5. The van der Waals surface area contributed by atoms with Gasteiger partial charge in [0.15, 0.2) is 11.5 Å². The first-order valence-electron chi connectivity index (χ1n) is 8.32. The number of carbonyl (C=O) groups is 2. The number of hydrogen-bond acceptors (Lipinski definition) is 5.